The highest BCUT2D eigenvalue weighted by Crippen LogP contribution is 2.33. The molecule has 0 aliphatic carbocycles. The summed E-state index contributed by atoms with van der Waals surface area (Å²) in [6, 6.07) is 27.7. The van der Waals surface area contributed by atoms with Gasteiger partial charge in [-0.3, -0.25) is 0 Å². The summed E-state index contributed by atoms with van der Waals surface area (Å²) in [6.45, 7) is 3.87. The SMILES string of the molecule is C=CCc1ccccc1-c1ccccc1-c1ccccc1.N=C=S. The second kappa shape index (κ2) is 9.36. The first-order valence-electron chi connectivity index (χ1n) is 7.69. The van der Waals surface area contributed by atoms with E-state index in [0.29, 0.717) is 0 Å². The van der Waals surface area contributed by atoms with Crippen molar-refractivity contribution >= 4 is 17.4 Å². The van der Waals surface area contributed by atoms with Gasteiger partial charge in [0.15, 0.2) is 0 Å². The smallest absolute Gasteiger partial charge is 0.0554 e. The van der Waals surface area contributed by atoms with Crippen LogP contribution in [0.4, 0.5) is 0 Å². The van der Waals surface area contributed by atoms with Crippen LogP contribution in [0.5, 0.6) is 0 Å². The van der Waals surface area contributed by atoms with Crippen LogP contribution in [0, 0.1) is 5.41 Å². The maximum Gasteiger partial charge on any atom is 0.0554 e. The van der Waals surface area contributed by atoms with Crippen LogP contribution in [0.3, 0.4) is 0 Å². The van der Waals surface area contributed by atoms with Gasteiger partial charge in [0.2, 0.25) is 0 Å². The lowest BCUT2D eigenvalue weighted by atomic mass is 9.91. The number of benzene rings is 3. The molecule has 0 saturated heterocycles. The van der Waals surface area contributed by atoms with Crippen LogP contribution in [0.2, 0.25) is 0 Å². The summed E-state index contributed by atoms with van der Waals surface area (Å²) in [5.74, 6) is 0. The fraction of sp³-hybridized carbons (Fsp3) is 0.0455. The predicted octanol–water partition coefficient (Wildman–Crippen LogP) is 6.42. The van der Waals surface area contributed by atoms with Gasteiger partial charge in [-0.25, -0.2) is 5.41 Å². The van der Waals surface area contributed by atoms with Crippen molar-refractivity contribution in [3.05, 3.63) is 97.1 Å². The lowest BCUT2D eigenvalue weighted by Crippen LogP contribution is -1.90. The lowest BCUT2D eigenvalue weighted by Gasteiger charge is -2.13. The van der Waals surface area contributed by atoms with E-state index in [0.717, 1.165) is 6.42 Å². The van der Waals surface area contributed by atoms with E-state index in [-0.39, 0.29) is 0 Å². The highest BCUT2D eigenvalue weighted by Gasteiger charge is 2.09. The first-order valence-corrected chi connectivity index (χ1v) is 8.10. The van der Waals surface area contributed by atoms with E-state index in [1.807, 2.05) is 6.08 Å². The third kappa shape index (κ3) is 4.36. The Morgan fingerprint density at radius 1 is 0.792 bits per heavy atom. The first kappa shape index (κ1) is 17.6. The molecular weight excluding hydrogens is 310 g/mol. The van der Waals surface area contributed by atoms with Crippen LogP contribution in [0.25, 0.3) is 22.3 Å². The van der Waals surface area contributed by atoms with Gasteiger partial charge in [-0.1, -0.05) is 84.9 Å². The van der Waals surface area contributed by atoms with Crippen molar-refractivity contribution < 1.29 is 0 Å². The molecule has 3 aromatic rings. The van der Waals surface area contributed by atoms with E-state index >= 15 is 0 Å². The fourth-order valence-corrected chi connectivity index (χ4v) is 2.70. The monoisotopic (exact) mass is 329 g/mol. The third-order valence-electron chi connectivity index (χ3n) is 3.68. The van der Waals surface area contributed by atoms with E-state index in [1.54, 1.807) is 5.16 Å². The third-order valence-corrected chi connectivity index (χ3v) is 3.68. The van der Waals surface area contributed by atoms with Gasteiger partial charge in [0.05, 0.1) is 5.16 Å². The molecule has 0 heterocycles. The van der Waals surface area contributed by atoms with Gasteiger partial charge in [-0.2, -0.15) is 0 Å². The summed E-state index contributed by atoms with van der Waals surface area (Å²) in [7, 11) is 0. The van der Waals surface area contributed by atoms with E-state index in [1.165, 1.54) is 27.8 Å². The Hall–Kier alpha value is -2.80. The number of nitrogens with one attached hydrogen (secondary N) is 1. The molecule has 0 saturated carbocycles. The Labute approximate surface area is 148 Å². The van der Waals surface area contributed by atoms with E-state index < -0.39 is 0 Å². The molecule has 0 aromatic heterocycles. The van der Waals surface area contributed by atoms with Crippen LogP contribution >= 0.6 is 12.2 Å². The molecular formula is C22H19NS. The maximum absolute atomic E-state index is 5.77. The molecule has 0 amide bonds. The van der Waals surface area contributed by atoms with Crippen molar-refractivity contribution in [2.24, 2.45) is 0 Å². The summed E-state index contributed by atoms with van der Waals surface area (Å²) < 4.78 is 0. The normalized spacial score (nSPS) is 9.33. The van der Waals surface area contributed by atoms with Gasteiger partial charge in [0.25, 0.3) is 0 Å². The number of isothiocyanates is 1. The Kier molecular flexibility index (Phi) is 6.85. The Balaban J connectivity index is 0.000000647. The van der Waals surface area contributed by atoms with Crippen molar-refractivity contribution in [2.45, 2.75) is 6.42 Å². The molecule has 0 bridgehead atoms. The van der Waals surface area contributed by atoms with Crippen molar-refractivity contribution in [3.8, 4) is 22.3 Å². The molecule has 0 aliphatic rings. The van der Waals surface area contributed by atoms with Crippen molar-refractivity contribution in [1.82, 2.24) is 0 Å². The van der Waals surface area contributed by atoms with E-state index in [2.05, 4.69) is 97.7 Å². The zero-order chi connectivity index (χ0) is 17.2. The molecule has 0 atom stereocenters. The average Bonchev–Trinajstić information content (AvgIpc) is 2.64. The standard InChI is InChI=1S/C21H18.CHNS/c1-2-10-17-13-6-7-14-19(17)21-16-9-8-15-20(21)18-11-4-3-5-12-18;2-1-3/h2-9,11-16H,1,10H2;2H. The average molecular weight is 329 g/mol. The molecule has 0 aliphatic heterocycles. The molecule has 3 rings (SSSR count). The summed E-state index contributed by atoms with van der Waals surface area (Å²) in [4.78, 5) is 0. The largest absolute Gasteiger partial charge is 0.248 e. The molecule has 1 N–H and O–H groups in total. The summed E-state index contributed by atoms with van der Waals surface area (Å²) in [5, 5.41) is 7.36. The zero-order valence-electron chi connectivity index (χ0n) is 13.4. The van der Waals surface area contributed by atoms with Crippen molar-refractivity contribution in [1.29, 1.82) is 5.41 Å². The van der Waals surface area contributed by atoms with E-state index in [9.17, 15) is 0 Å². The molecule has 0 radical (unpaired) electrons. The Morgan fingerprint density at radius 3 is 1.92 bits per heavy atom. The minimum absolute atomic E-state index is 0.888. The van der Waals surface area contributed by atoms with Gasteiger partial charge in [-0.05, 0) is 46.5 Å². The van der Waals surface area contributed by atoms with Crippen molar-refractivity contribution in [2.75, 3.05) is 0 Å². The van der Waals surface area contributed by atoms with Gasteiger partial charge in [0, 0.05) is 0 Å². The minimum atomic E-state index is 0.888. The molecule has 3 aromatic carbocycles. The van der Waals surface area contributed by atoms with Crippen LogP contribution in [-0.2, 0) is 6.42 Å². The zero-order valence-corrected chi connectivity index (χ0v) is 14.2. The van der Waals surface area contributed by atoms with Crippen LogP contribution < -0.4 is 0 Å². The molecule has 118 valence electrons. The molecule has 1 nitrogen and oxygen atoms in total. The predicted molar refractivity (Wildman–Crippen MR) is 107 cm³/mol. The summed E-state index contributed by atoms with van der Waals surface area (Å²) in [5.41, 5.74) is 6.41. The molecule has 0 spiro atoms. The van der Waals surface area contributed by atoms with Crippen molar-refractivity contribution in [3.63, 3.8) is 0 Å². The quantitative estimate of drug-likeness (QED) is 0.333. The van der Waals surface area contributed by atoms with Crippen LogP contribution in [0.15, 0.2) is 91.5 Å². The second-order valence-electron chi connectivity index (χ2n) is 5.16. The fourth-order valence-electron chi connectivity index (χ4n) is 2.70. The van der Waals surface area contributed by atoms with Gasteiger partial charge >= 0.3 is 0 Å². The topological polar surface area (TPSA) is 23.9 Å². The van der Waals surface area contributed by atoms with Gasteiger partial charge in [0.1, 0.15) is 0 Å². The number of rotatable bonds is 4. The first-order chi connectivity index (χ1) is 11.8. The number of allylic oxidation sites excluding steroid dienone is 1. The molecule has 0 fully saturated rings. The van der Waals surface area contributed by atoms with E-state index in [4.69, 9.17) is 5.41 Å². The lowest BCUT2D eigenvalue weighted by molar-refractivity contribution is 1.28. The van der Waals surface area contributed by atoms with Gasteiger partial charge < -0.3 is 0 Å². The number of hydrogen-bond acceptors (Lipinski definition) is 2. The molecule has 24 heavy (non-hydrogen) atoms. The highest BCUT2D eigenvalue weighted by atomic mass is 32.1. The Bertz CT molecular complexity index is 831. The summed E-state index contributed by atoms with van der Waals surface area (Å²) in [6.07, 6.45) is 2.85. The highest BCUT2D eigenvalue weighted by molar-refractivity contribution is 7.78. The van der Waals surface area contributed by atoms with Gasteiger partial charge in [-0.15, -0.1) is 6.58 Å². The number of hydrogen-bond donors (Lipinski definition) is 1. The van der Waals surface area contributed by atoms with Crippen LogP contribution in [0.1, 0.15) is 5.56 Å². The molecule has 0 unspecified atom stereocenters. The molecule has 2 heteroatoms. The van der Waals surface area contributed by atoms with Crippen LogP contribution in [-0.4, -0.2) is 5.16 Å². The maximum atomic E-state index is 5.77. The Morgan fingerprint density at radius 2 is 1.29 bits per heavy atom. The minimum Gasteiger partial charge on any atom is -0.248 e. The number of thiocarbonyl (C=S) groups is 1. The second-order valence-corrected chi connectivity index (χ2v) is 5.37. The summed E-state index contributed by atoms with van der Waals surface area (Å²) >= 11 is 3.81.